The summed E-state index contributed by atoms with van der Waals surface area (Å²) in [6.45, 7) is 0. The number of nitrogens with one attached hydrogen (secondary N) is 1. The third-order valence-electron chi connectivity index (χ3n) is 4.50. The molecule has 3 heterocycles. The van der Waals surface area contributed by atoms with Gasteiger partial charge >= 0.3 is 6.18 Å². The Morgan fingerprint density at radius 1 is 1.33 bits per heavy atom. The van der Waals surface area contributed by atoms with Crippen molar-refractivity contribution in [1.29, 1.82) is 0 Å². The lowest BCUT2D eigenvalue weighted by atomic mass is 10.2. The van der Waals surface area contributed by atoms with E-state index in [1.165, 1.54) is 11.3 Å². The van der Waals surface area contributed by atoms with Gasteiger partial charge in [-0.25, -0.2) is 9.50 Å². The van der Waals surface area contributed by atoms with Crippen LogP contribution in [0.15, 0.2) is 23.6 Å². The SMILES string of the molecule is O=C(NC1CCCC1)c1nn2c(C(F)(F)F)cc(-c3cccs3)nc2c1Cl. The molecule has 5 nitrogen and oxygen atoms in total. The molecular formula is C17H14ClF3N4OS. The third kappa shape index (κ3) is 3.41. The van der Waals surface area contributed by atoms with Gasteiger partial charge in [0, 0.05) is 6.04 Å². The van der Waals surface area contributed by atoms with Crippen LogP contribution in [0.25, 0.3) is 16.2 Å². The van der Waals surface area contributed by atoms with Crippen molar-refractivity contribution in [3.8, 4) is 10.6 Å². The summed E-state index contributed by atoms with van der Waals surface area (Å²) in [7, 11) is 0. The number of hydrogen-bond donors (Lipinski definition) is 1. The lowest BCUT2D eigenvalue weighted by Gasteiger charge is -2.10. The summed E-state index contributed by atoms with van der Waals surface area (Å²) in [5.41, 5.74) is -1.33. The number of halogens is 4. The van der Waals surface area contributed by atoms with Crippen LogP contribution >= 0.6 is 22.9 Å². The summed E-state index contributed by atoms with van der Waals surface area (Å²) in [5.74, 6) is -0.580. The largest absolute Gasteiger partial charge is 0.433 e. The van der Waals surface area contributed by atoms with Crippen molar-refractivity contribution in [1.82, 2.24) is 19.9 Å². The van der Waals surface area contributed by atoms with Crippen LogP contribution in [0.5, 0.6) is 0 Å². The number of alkyl halides is 3. The van der Waals surface area contributed by atoms with Crippen LogP contribution in [-0.4, -0.2) is 26.5 Å². The van der Waals surface area contributed by atoms with E-state index in [1.54, 1.807) is 17.5 Å². The van der Waals surface area contributed by atoms with Gasteiger partial charge in [0.15, 0.2) is 17.0 Å². The van der Waals surface area contributed by atoms with Gasteiger partial charge in [-0.3, -0.25) is 4.79 Å². The molecule has 0 atom stereocenters. The predicted molar refractivity (Wildman–Crippen MR) is 96.0 cm³/mol. The predicted octanol–water partition coefficient (Wildman–Crippen LogP) is 4.80. The summed E-state index contributed by atoms with van der Waals surface area (Å²) < 4.78 is 41.3. The van der Waals surface area contributed by atoms with Crippen molar-refractivity contribution in [3.63, 3.8) is 0 Å². The minimum absolute atomic E-state index is 0.00453. The van der Waals surface area contributed by atoms with Crippen molar-refractivity contribution in [2.24, 2.45) is 0 Å². The molecule has 0 saturated heterocycles. The Labute approximate surface area is 161 Å². The number of nitrogens with zero attached hydrogens (tertiary/aromatic N) is 3. The highest BCUT2D eigenvalue weighted by atomic mass is 35.5. The number of carbonyl (C=O) groups excluding carboxylic acids is 1. The Balaban J connectivity index is 1.83. The Morgan fingerprint density at radius 3 is 2.70 bits per heavy atom. The topological polar surface area (TPSA) is 59.3 Å². The minimum Gasteiger partial charge on any atom is -0.348 e. The van der Waals surface area contributed by atoms with E-state index < -0.39 is 17.8 Å². The van der Waals surface area contributed by atoms with Gasteiger partial charge < -0.3 is 5.32 Å². The highest BCUT2D eigenvalue weighted by molar-refractivity contribution is 7.13. The van der Waals surface area contributed by atoms with Gasteiger partial charge in [-0.05, 0) is 30.4 Å². The molecule has 0 aliphatic heterocycles. The van der Waals surface area contributed by atoms with Crippen LogP contribution in [0, 0.1) is 0 Å². The summed E-state index contributed by atoms with van der Waals surface area (Å²) in [6.07, 6.45) is -0.986. The van der Waals surface area contributed by atoms with Gasteiger partial charge in [-0.15, -0.1) is 11.3 Å². The smallest absolute Gasteiger partial charge is 0.348 e. The van der Waals surface area contributed by atoms with Crippen LogP contribution in [0.1, 0.15) is 41.9 Å². The molecule has 1 amide bonds. The molecule has 142 valence electrons. The zero-order valence-electron chi connectivity index (χ0n) is 13.9. The Bertz CT molecular complexity index is 994. The van der Waals surface area contributed by atoms with E-state index in [9.17, 15) is 18.0 Å². The van der Waals surface area contributed by atoms with Crippen molar-refractivity contribution >= 4 is 34.5 Å². The molecule has 1 saturated carbocycles. The third-order valence-corrected chi connectivity index (χ3v) is 5.74. The maximum absolute atomic E-state index is 13.6. The summed E-state index contributed by atoms with van der Waals surface area (Å²) in [5, 5.41) is 8.19. The van der Waals surface area contributed by atoms with Crippen LogP contribution in [0.4, 0.5) is 13.2 Å². The summed E-state index contributed by atoms with van der Waals surface area (Å²) in [4.78, 5) is 17.3. The van der Waals surface area contributed by atoms with Crippen LogP contribution < -0.4 is 5.32 Å². The molecule has 1 N–H and O–H groups in total. The molecule has 1 aliphatic carbocycles. The Hall–Kier alpha value is -2.13. The number of hydrogen-bond acceptors (Lipinski definition) is 4. The average Bonchev–Trinajstić information content (AvgIpc) is 3.35. The molecule has 0 radical (unpaired) electrons. The van der Waals surface area contributed by atoms with Gasteiger partial charge in [0.25, 0.3) is 5.91 Å². The van der Waals surface area contributed by atoms with E-state index in [0.29, 0.717) is 9.39 Å². The molecule has 1 aliphatic rings. The minimum atomic E-state index is -4.68. The van der Waals surface area contributed by atoms with E-state index in [0.717, 1.165) is 31.7 Å². The fourth-order valence-corrected chi connectivity index (χ4v) is 4.15. The van der Waals surface area contributed by atoms with Crippen LogP contribution in [0.2, 0.25) is 5.02 Å². The number of thiophene rings is 1. The van der Waals surface area contributed by atoms with E-state index in [2.05, 4.69) is 15.4 Å². The van der Waals surface area contributed by atoms with Gasteiger partial charge in [0.1, 0.15) is 5.02 Å². The van der Waals surface area contributed by atoms with Crippen LogP contribution in [-0.2, 0) is 6.18 Å². The van der Waals surface area contributed by atoms with E-state index in [-0.39, 0.29) is 28.1 Å². The first-order valence-electron chi connectivity index (χ1n) is 8.36. The molecule has 3 aromatic rings. The van der Waals surface area contributed by atoms with E-state index in [1.807, 2.05) is 0 Å². The van der Waals surface area contributed by atoms with Gasteiger partial charge in [-0.2, -0.15) is 18.3 Å². The molecule has 4 rings (SSSR count). The quantitative estimate of drug-likeness (QED) is 0.669. The number of rotatable bonds is 3. The standard InChI is InChI=1S/C17H14ClF3N4OS/c18-13-14(16(26)22-9-4-1-2-5-9)24-25-12(17(19,20)21)8-10(23-15(13)25)11-6-3-7-27-11/h3,6-9H,1-2,4-5H2,(H,22,26). The number of carbonyl (C=O) groups is 1. The van der Waals surface area contributed by atoms with Gasteiger partial charge in [-0.1, -0.05) is 30.5 Å². The number of amides is 1. The molecular weight excluding hydrogens is 401 g/mol. The summed E-state index contributed by atoms with van der Waals surface area (Å²) in [6, 6.07) is 4.30. The lowest BCUT2D eigenvalue weighted by Crippen LogP contribution is -2.33. The Morgan fingerprint density at radius 2 is 2.07 bits per heavy atom. The van der Waals surface area contributed by atoms with Crippen molar-refractivity contribution < 1.29 is 18.0 Å². The second-order valence-electron chi connectivity index (χ2n) is 6.35. The highest BCUT2D eigenvalue weighted by Gasteiger charge is 2.37. The fourth-order valence-electron chi connectivity index (χ4n) is 3.21. The first-order chi connectivity index (χ1) is 12.8. The van der Waals surface area contributed by atoms with E-state index >= 15 is 0 Å². The van der Waals surface area contributed by atoms with Crippen molar-refractivity contribution in [2.45, 2.75) is 37.9 Å². The second kappa shape index (κ2) is 6.79. The molecule has 27 heavy (non-hydrogen) atoms. The highest BCUT2D eigenvalue weighted by Crippen LogP contribution is 2.35. The summed E-state index contributed by atoms with van der Waals surface area (Å²) >= 11 is 7.48. The second-order valence-corrected chi connectivity index (χ2v) is 7.68. The van der Waals surface area contributed by atoms with E-state index in [4.69, 9.17) is 11.6 Å². The van der Waals surface area contributed by atoms with Crippen LogP contribution in [0.3, 0.4) is 0 Å². The molecule has 1 fully saturated rings. The molecule has 3 aromatic heterocycles. The molecule has 0 aromatic carbocycles. The molecule has 0 unspecified atom stereocenters. The molecule has 10 heteroatoms. The maximum atomic E-state index is 13.6. The maximum Gasteiger partial charge on any atom is 0.433 e. The fraction of sp³-hybridized carbons (Fsp3) is 0.353. The monoisotopic (exact) mass is 414 g/mol. The number of fused-ring (bicyclic) bond motifs is 1. The van der Waals surface area contributed by atoms with Crippen molar-refractivity contribution in [3.05, 3.63) is 40.0 Å². The van der Waals surface area contributed by atoms with Crippen molar-refractivity contribution in [2.75, 3.05) is 0 Å². The molecule has 0 bridgehead atoms. The normalized spacial score (nSPS) is 15.6. The van der Waals surface area contributed by atoms with Gasteiger partial charge in [0.2, 0.25) is 0 Å². The zero-order valence-corrected chi connectivity index (χ0v) is 15.5. The zero-order chi connectivity index (χ0) is 19.2. The first-order valence-corrected chi connectivity index (χ1v) is 9.61. The number of aromatic nitrogens is 3. The molecule has 0 spiro atoms. The lowest BCUT2D eigenvalue weighted by molar-refractivity contribution is -0.142. The average molecular weight is 415 g/mol. The van der Waals surface area contributed by atoms with Gasteiger partial charge in [0.05, 0.1) is 10.6 Å². The Kier molecular flexibility index (Phi) is 4.59. The first kappa shape index (κ1) is 18.2.